The van der Waals surface area contributed by atoms with E-state index in [9.17, 15) is 4.91 Å². The van der Waals surface area contributed by atoms with Gasteiger partial charge >= 0.3 is 6.67 Å². The molecule has 1 aliphatic heterocycles. The van der Waals surface area contributed by atoms with Gasteiger partial charge in [-0.1, -0.05) is 12.2 Å². The van der Waals surface area contributed by atoms with Crippen LogP contribution in [0.5, 0.6) is 0 Å². The Morgan fingerprint density at radius 1 is 1.60 bits per heavy atom. The summed E-state index contributed by atoms with van der Waals surface area (Å²) in [6.45, 7) is 2.32. The third-order valence-electron chi connectivity index (χ3n) is 1.50. The maximum Gasteiger partial charge on any atom is 0.504 e. The first-order valence-electron chi connectivity index (χ1n) is 3.02. The Kier molecular flexibility index (Phi) is 1.03. The zero-order valence-corrected chi connectivity index (χ0v) is 5.19. The molecule has 2 rings (SSSR count). The summed E-state index contributed by atoms with van der Waals surface area (Å²) in [5.74, 6) is 0. The van der Waals surface area contributed by atoms with Gasteiger partial charge in [-0.3, -0.25) is 0 Å². The molecule has 0 aromatic heterocycles. The summed E-state index contributed by atoms with van der Waals surface area (Å²) in [4.78, 5) is 14.6. The maximum atomic E-state index is 10.8. The lowest BCUT2D eigenvalue weighted by Crippen LogP contribution is -2.22. The Morgan fingerprint density at radius 2 is 2.50 bits per heavy atom. The van der Waals surface area contributed by atoms with E-state index in [-0.39, 0.29) is 6.04 Å². The van der Waals surface area contributed by atoms with Crippen LogP contribution in [0.4, 0.5) is 0 Å². The van der Waals surface area contributed by atoms with Crippen LogP contribution >= 0.6 is 0 Å². The number of hydrogen-bond acceptors (Lipinski definition) is 2. The number of rotatable bonds is 0. The van der Waals surface area contributed by atoms with Gasteiger partial charge in [0.15, 0.2) is 0 Å². The van der Waals surface area contributed by atoms with Crippen LogP contribution in [0.25, 0.3) is 0 Å². The summed E-state index contributed by atoms with van der Waals surface area (Å²) < 4.78 is 0.718. The van der Waals surface area contributed by atoms with Gasteiger partial charge in [0.2, 0.25) is 0 Å². The zero-order valence-electron chi connectivity index (χ0n) is 5.19. The highest BCUT2D eigenvalue weighted by Crippen LogP contribution is 2.13. The molecule has 10 heavy (non-hydrogen) atoms. The molecule has 0 spiro atoms. The van der Waals surface area contributed by atoms with Crippen LogP contribution in [0.2, 0.25) is 0 Å². The van der Waals surface area contributed by atoms with E-state index in [2.05, 4.69) is 11.7 Å². The average Bonchev–Trinajstić information content (AvgIpc) is 2.34. The second-order valence-electron chi connectivity index (χ2n) is 2.15. The lowest BCUT2D eigenvalue weighted by molar-refractivity contribution is -0.511. The standard InChI is InChI=1S/C7H5N2O/c10-9-5-8-6-3-1-2-4-7(6)9/h1-4,7H/q+1. The summed E-state index contributed by atoms with van der Waals surface area (Å²) >= 11 is 0. The molecular weight excluding hydrogens is 128 g/mol. The van der Waals surface area contributed by atoms with E-state index in [4.69, 9.17) is 0 Å². The predicted molar refractivity (Wildman–Crippen MR) is 36.4 cm³/mol. The van der Waals surface area contributed by atoms with Gasteiger partial charge in [0, 0.05) is 4.91 Å². The minimum atomic E-state index is -0.218. The zero-order chi connectivity index (χ0) is 6.97. The van der Waals surface area contributed by atoms with E-state index >= 15 is 0 Å². The van der Waals surface area contributed by atoms with Gasteiger partial charge in [0.05, 0.1) is 4.76 Å². The Hall–Kier alpha value is -1.25. The second kappa shape index (κ2) is 1.87. The van der Waals surface area contributed by atoms with Gasteiger partial charge in [-0.2, -0.15) is 4.99 Å². The lowest BCUT2D eigenvalue weighted by Gasteiger charge is -1.96. The van der Waals surface area contributed by atoms with Gasteiger partial charge in [0.1, 0.15) is 5.71 Å². The van der Waals surface area contributed by atoms with Gasteiger partial charge in [-0.05, 0) is 12.2 Å². The van der Waals surface area contributed by atoms with Crippen molar-refractivity contribution in [3.05, 3.63) is 35.9 Å². The molecule has 0 amide bonds. The van der Waals surface area contributed by atoms with Gasteiger partial charge < -0.3 is 0 Å². The van der Waals surface area contributed by atoms with Crippen molar-refractivity contribution in [2.45, 2.75) is 6.04 Å². The maximum absolute atomic E-state index is 10.8. The molecule has 2 radical (unpaired) electrons. The largest absolute Gasteiger partial charge is 0.504 e. The van der Waals surface area contributed by atoms with E-state index < -0.39 is 0 Å². The summed E-state index contributed by atoms with van der Waals surface area (Å²) in [6, 6.07) is -0.218. The van der Waals surface area contributed by atoms with Crippen molar-refractivity contribution >= 4 is 5.71 Å². The van der Waals surface area contributed by atoms with Crippen molar-refractivity contribution in [3.8, 4) is 0 Å². The highest BCUT2D eigenvalue weighted by molar-refractivity contribution is 6.01. The van der Waals surface area contributed by atoms with Crippen molar-refractivity contribution in [3.63, 3.8) is 0 Å². The third kappa shape index (κ3) is 0.635. The Balaban J connectivity index is 2.39. The van der Waals surface area contributed by atoms with Crippen LogP contribution in [0.15, 0.2) is 29.3 Å². The summed E-state index contributed by atoms with van der Waals surface area (Å²) in [5.41, 5.74) is 0.775. The molecule has 0 N–H and O–H groups in total. The molecule has 0 aromatic rings. The quantitative estimate of drug-likeness (QED) is 0.448. The minimum Gasteiger partial charge on any atom is -0.190 e. The Bertz CT molecular complexity index is 263. The van der Waals surface area contributed by atoms with E-state index in [1.807, 2.05) is 18.2 Å². The van der Waals surface area contributed by atoms with E-state index in [0.717, 1.165) is 10.5 Å². The molecule has 3 heteroatoms. The summed E-state index contributed by atoms with van der Waals surface area (Å²) in [6.07, 6.45) is 7.30. The SMILES string of the molecule is O=[N+]1[C]N=C2C=CC=CC21. The van der Waals surface area contributed by atoms with Crippen molar-refractivity contribution in [2.24, 2.45) is 4.99 Å². The molecule has 48 valence electrons. The highest BCUT2D eigenvalue weighted by Gasteiger charge is 2.36. The molecule has 0 aromatic carbocycles. The first-order chi connectivity index (χ1) is 4.88. The fourth-order valence-electron chi connectivity index (χ4n) is 0.992. The van der Waals surface area contributed by atoms with E-state index in [0.29, 0.717) is 0 Å². The van der Waals surface area contributed by atoms with Crippen LogP contribution < -0.4 is 0 Å². The Labute approximate surface area is 58.3 Å². The molecule has 3 nitrogen and oxygen atoms in total. The number of hydrogen-bond donors (Lipinski definition) is 0. The third-order valence-corrected chi connectivity index (χ3v) is 1.50. The molecule has 0 saturated carbocycles. The van der Waals surface area contributed by atoms with Crippen molar-refractivity contribution in [2.75, 3.05) is 0 Å². The minimum absolute atomic E-state index is 0.218. The molecule has 1 atom stereocenters. The van der Waals surface area contributed by atoms with Crippen molar-refractivity contribution in [1.82, 2.24) is 0 Å². The number of aliphatic imine (C=N–C) groups is 1. The predicted octanol–water partition coefficient (Wildman–Crippen LogP) is 0.711. The molecule has 2 aliphatic rings. The van der Waals surface area contributed by atoms with Crippen LogP contribution in [-0.2, 0) is 0 Å². The van der Waals surface area contributed by atoms with Crippen molar-refractivity contribution in [1.29, 1.82) is 0 Å². The molecule has 1 unspecified atom stereocenters. The molecule has 1 heterocycles. The number of fused-ring (bicyclic) bond motifs is 1. The smallest absolute Gasteiger partial charge is 0.190 e. The summed E-state index contributed by atoms with van der Waals surface area (Å²) in [7, 11) is 0. The topological polar surface area (TPSA) is 32.4 Å². The fraction of sp³-hybridized carbons (Fsp3) is 0.143. The van der Waals surface area contributed by atoms with Crippen LogP contribution in [-0.4, -0.2) is 16.5 Å². The van der Waals surface area contributed by atoms with Crippen LogP contribution in [0, 0.1) is 11.6 Å². The van der Waals surface area contributed by atoms with Gasteiger partial charge in [-0.15, -0.1) is 0 Å². The summed E-state index contributed by atoms with van der Waals surface area (Å²) in [5, 5.41) is 0. The highest BCUT2D eigenvalue weighted by atomic mass is 16.3. The molecule has 0 fully saturated rings. The Morgan fingerprint density at radius 3 is 3.30 bits per heavy atom. The molecular formula is C7H5N2O+. The molecule has 0 bridgehead atoms. The van der Waals surface area contributed by atoms with Crippen molar-refractivity contribution < 1.29 is 4.76 Å². The molecule has 0 saturated heterocycles. The number of allylic oxidation sites excluding steroid dienone is 2. The lowest BCUT2D eigenvalue weighted by atomic mass is 10.1. The number of nitrogens with zero attached hydrogens (tertiary/aromatic N) is 2. The fourth-order valence-corrected chi connectivity index (χ4v) is 0.992. The van der Waals surface area contributed by atoms with Gasteiger partial charge in [0.25, 0.3) is 6.04 Å². The second-order valence-corrected chi connectivity index (χ2v) is 2.15. The van der Waals surface area contributed by atoms with E-state index in [1.165, 1.54) is 0 Å². The monoisotopic (exact) mass is 133 g/mol. The number of nitroso groups, excluding NO2 is 1. The normalized spacial score (nSPS) is 28.6. The van der Waals surface area contributed by atoms with Gasteiger partial charge in [-0.25, -0.2) is 0 Å². The average molecular weight is 133 g/mol. The van der Waals surface area contributed by atoms with Crippen LogP contribution in [0.3, 0.4) is 0 Å². The van der Waals surface area contributed by atoms with Crippen LogP contribution in [0.1, 0.15) is 0 Å². The van der Waals surface area contributed by atoms with E-state index in [1.54, 1.807) is 6.08 Å². The first kappa shape index (κ1) is 5.53. The molecule has 1 aliphatic carbocycles. The first-order valence-corrected chi connectivity index (χ1v) is 3.02.